The number of thiophene rings is 2. The molecule has 86 heavy (non-hydrogen) atoms. The van der Waals surface area contributed by atoms with Crippen molar-refractivity contribution >= 4 is 145 Å². The zero-order chi connectivity index (χ0) is 58.2. The molecule has 0 fully saturated rings. The van der Waals surface area contributed by atoms with Crippen molar-refractivity contribution in [2.75, 3.05) is 9.80 Å². The number of benzene rings is 10. The maximum Gasteiger partial charge on any atom is 0.273 e. The van der Waals surface area contributed by atoms with E-state index in [4.69, 9.17) is 18.9 Å². The molecule has 0 saturated heterocycles. The number of ether oxygens (including phenoxy) is 4. The van der Waals surface area contributed by atoms with Crippen LogP contribution in [-0.2, 0) is 0 Å². The highest BCUT2D eigenvalue weighted by Gasteiger charge is 2.51. The van der Waals surface area contributed by atoms with Crippen LogP contribution >= 0.6 is 22.7 Å². The Bertz CT molecular complexity index is 5080. The average molecular weight is 1150 g/mol. The number of aryl methyl sites for hydroxylation is 11. The van der Waals surface area contributed by atoms with Crippen molar-refractivity contribution in [1.29, 1.82) is 0 Å². The van der Waals surface area contributed by atoms with Crippen LogP contribution in [0, 0.1) is 76.2 Å². The van der Waals surface area contributed by atoms with E-state index in [1.54, 1.807) is 0 Å². The third-order valence-electron chi connectivity index (χ3n) is 19.2. The fraction of sp³-hybridized carbons (Fsp3) is 0.147. The third-order valence-corrected chi connectivity index (χ3v) is 21.7. The summed E-state index contributed by atoms with van der Waals surface area (Å²) in [6.45, 7) is 24.0. The van der Waals surface area contributed by atoms with Crippen LogP contribution in [0.3, 0.4) is 0 Å². The van der Waals surface area contributed by atoms with Crippen LogP contribution in [0.5, 0.6) is 46.0 Å². The molecule has 0 saturated carbocycles. The summed E-state index contributed by atoms with van der Waals surface area (Å²) in [5.74, 6) is 7.09. The van der Waals surface area contributed by atoms with Gasteiger partial charge in [0.2, 0.25) is 0 Å². The van der Waals surface area contributed by atoms with E-state index in [0.717, 1.165) is 124 Å². The van der Waals surface area contributed by atoms with Crippen LogP contribution in [0.4, 0.5) is 34.1 Å². The molecule has 0 aliphatic carbocycles. The second kappa shape index (κ2) is 17.6. The molecule has 0 unspecified atom stereocenters. The minimum absolute atomic E-state index is 0.124. The van der Waals surface area contributed by atoms with Crippen molar-refractivity contribution in [3.63, 3.8) is 0 Å². The molecule has 0 atom stereocenters. The van der Waals surface area contributed by atoms with Gasteiger partial charge in [0.05, 0.1) is 11.4 Å². The fourth-order valence-corrected chi connectivity index (χ4v) is 18.9. The SMILES string of the molecule is Cc1cc(C)c(-c2cc3c4c(c2)N(c2c(C)cc(C)cc2C)c2cc5c(cc2B4c2cc4c(cc2O3)N(c2c(C)cc(C)cc2C)c2cc(C)cc3c2B4c2sc4ccccc4c2O3)B2c3sc4ccccc4c3Oc3cc(C)cc(c32)O5)c(C)c1. The molecule has 0 bridgehead atoms. The summed E-state index contributed by atoms with van der Waals surface area (Å²) < 4.78 is 34.4. The molecular formula is C75H57B3N2O4S2. The monoisotopic (exact) mass is 1150 g/mol. The summed E-state index contributed by atoms with van der Waals surface area (Å²) in [6.07, 6.45) is 0. The lowest BCUT2D eigenvalue weighted by Gasteiger charge is -2.44. The van der Waals surface area contributed by atoms with Gasteiger partial charge < -0.3 is 28.7 Å². The van der Waals surface area contributed by atoms with E-state index in [9.17, 15) is 0 Å². The lowest BCUT2D eigenvalue weighted by atomic mass is 9.30. The average Bonchev–Trinajstić information content (AvgIpc) is 0.920. The van der Waals surface area contributed by atoms with E-state index in [-0.39, 0.29) is 20.1 Å². The lowest BCUT2D eigenvalue weighted by molar-refractivity contribution is 0.467. The zero-order valence-electron chi connectivity index (χ0n) is 49.9. The van der Waals surface area contributed by atoms with Gasteiger partial charge in [-0.05, 0) is 225 Å². The molecule has 6 nitrogen and oxygen atoms in total. The van der Waals surface area contributed by atoms with Crippen molar-refractivity contribution in [1.82, 2.24) is 0 Å². The Morgan fingerprint density at radius 3 is 1.26 bits per heavy atom. The zero-order valence-corrected chi connectivity index (χ0v) is 51.6. The maximum atomic E-state index is 7.84. The number of rotatable bonds is 3. The van der Waals surface area contributed by atoms with Crippen molar-refractivity contribution in [3.8, 4) is 57.1 Å². The van der Waals surface area contributed by atoms with Crippen LogP contribution in [0.25, 0.3) is 31.3 Å². The molecule has 2 aromatic heterocycles. The third kappa shape index (κ3) is 6.87. The molecule has 6 aliphatic heterocycles. The minimum atomic E-state index is -0.261. The quantitative estimate of drug-likeness (QED) is 0.164. The van der Waals surface area contributed by atoms with Crippen LogP contribution < -0.4 is 76.5 Å². The number of hydrogen-bond acceptors (Lipinski definition) is 8. The van der Waals surface area contributed by atoms with E-state index in [1.165, 1.54) is 96.7 Å². The first kappa shape index (κ1) is 50.4. The Morgan fingerprint density at radius 2 is 0.721 bits per heavy atom. The standard InChI is InChI=1S/C75H57B3N2O4S2/c1-36-20-41(6)66(42(7)21-36)47-30-57-67-63(31-47)82-58-35-55-51(77-68-56(79(55)70-43(8)22-37(2)23-44(70)9)26-39(4)27-60(68)83-72-48-16-12-14-18-64(48)85-74(72)77)33-52(58)76(67)50-32-53-59(34-54(50)80(57)71-45(10)24-38(3)25-46(71)11)81-61-28-40(5)29-62-69(61)78(53)75-73(84-62)49-17-13-15-19-65(49)86-75/h12-35H,1-11H3. The number of hydrogen-bond donors (Lipinski definition) is 0. The summed E-state index contributed by atoms with van der Waals surface area (Å²) >= 11 is 3.70. The summed E-state index contributed by atoms with van der Waals surface area (Å²) in [5.41, 5.74) is 30.6. The van der Waals surface area contributed by atoms with E-state index < -0.39 is 0 Å². The molecule has 412 valence electrons. The molecule has 0 radical (unpaired) electrons. The molecule has 6 aliphatic rings. The Kier molecular flexibility index (Phi) is 10.3. The molecule has 8 heterocycles. The number of fused-ring (bicyclic) bond motifs is 16. The van der Waals surface area contributed by atoms with Crippen molar-refractivity contribution in [2.24, 2.45) is 0 Å². The number of anilines is 6. The summed E-state index contributed by atoms with van der Waals surface area (Å²) in [6, 6.07) is 55.2. The second-order valence-electron chi connectivity index (χ2n) is 25.4. The first-order valence-electron chi connectivity index (χ1n) is 30.0. The summed E-state index contributed by atoms with van der Waals surface area (Å²) in [4.78, 5) is 5.11. The normalized spacial score (nSPS) is 14.0. The molecule has 0 amide bonds. The Labute approximate surface area is 510 Å². The molecular weight excluding hydrogens is 1090 g/mol. The van der Waals surface area contributed by atoms with Crippen LogP contribution in [0.15, 0.2) is 146 Å². The smallest absolute Gasteiger partial charge is 0.273 e. The first-order valence-corrected chi connectivity index (χ1v) is 31.7. The van der Waals surface area contributed by atoms with Gasteiger partial charge in [-0.1, -0.05) is 89.5 Å². The van der Waals surface area contributed by atoms with Crippen LogP contribution in [0.1, 0.15) is 61.2 Å². The summed E-state index contributed by atoms with van der Waals surface area (Å²) in [7, 11) is 0. The molecule has 0 N–H and O–H groups in total. The largest absolute Gasteiger partial charge is 0.458 e. The van der Waals surface area contributed by atoms with Gasteiger partial charge in [-0.2, -0.15) is 0 Å². The number of nitrogens with zero attached hydrogens (tertiary/aromatic N) is 2. The highest BCUT2D eigenvalue weighted by Crippen LogP contribution is 2.51. The van der Waals surface area contributed by atoms with Crippen molar-refractivity contribution in [3.05, 3.63) is 207 Å². The maximum absolute atomic E-state index is 7.84. The Hall–Kier alpha value is -8.89. The van der Waals surface area contributed by atoms with Gasteiger partial charge in [0.25, 0.3) is 20.1 Å². The first-order chi connectivity index (χ1) is 41.6. The van der Waals surface area contributed by atoms with E-state index in [1.807, 2.05) is 22.7 Å². The second-order valence-corrected chi connectivity index (χ2v) is 27.6. The van der Waals surface area contributed by atoms with Gasteiger partial charge >= 0.3 is 0 Å². The highest BCUT2D eigenvalue weighted by atomic mass is 32.1. The molecule has 12 aromatic rings. The molecule has 11 heteroatoms. The van der Waals surface area contributed by atoms with E-state index >= 15 is 0 Å². The molecule has 0 spiro atoms. The van der Waals surface area contributed by atoms with Crippen LogP contribution in [0.2, 0.25) is 0 Å². The highest BCUT2D eigenvalue weighted by molar-refractivity contribution is 7.34. The van der Waals surface area contributed by atoms with Gasteiger partial charge in [0.1, 0.15) is 46.0 Å². The Morgan fingerprint density at radius 1 is 0.326 bits per heavy atom. The lowest BCUT2D eigenvalue weighted by Crippen LogP contribution is -2.64. The molecule has 18 rings (SSSR count). The van der Waals surface area contributed by atoms with Gasteiger partial charge in [0.15, 0.2) is 0 Å². The van der Waals surface area contributed by atoms with Gasteiger partial charge in [-0.3, -0.25) is 0 Å². The summed E-state index contributed by atoms with van der Waals surface area (Å²) in [5, 5.41) is 2.29. The fourth-order valence-electron chi connectivity index (χ4n) is 16.4. The molecule has 10 aromatic carbocycles. The van der Waals surface area contributed by atoms with Gasteiger partial charge in [0, 0.05) is 70.1 Å². The van der Waals surface area contributed by atoms with Crippen LogP contribution in [-0.4, -0.2) is 20.1 Å². The van der Waals surface area contributed by atoms with Crippen molar-refractivity contribution < 1.29 is 18.9 Å². The van der Waals surface area contributed by atoms with E-state index in [0.29, 0.717) is 0 Å². The predicted molar refractivity (Wildman–Crippen MR) is 364 cm³/mol. The topological polar surface area (TPSA) is 43.4 Å². The van der Waals surface area contributed by atoms with Gasteiger partial charge in [-0.25, -0.2) is 0 Å². The Balaban J connectivity index is 0.969. The van der Waals surface area contributed by atoms with Gasteiger partial charge in [-0.15, -0.1) is 22.7 Å². The van der Waals surface area contributed by atoms with E-state index in [2.05, 4.69) is 232 Å². The van der Waals surface area contributed by atoms with Crippen molar-refractivity contribution in [2.45, 2.75) is 76.2 Å². The predicted octanol–water partition coefficient (Wildman–Crippen LogP) is 14.7. The minimum Gasteiger partial charge on any atom is -0.458 e.